The average Bonchev–Trinajstić information content (AvgIpc) is 2.90. The Morgan fingerprint density at radius 3 is 2.32 bits per heavy atom. The normalized spacial score (nSPS) is 15.0. The lowest BCUT2D eigenvalue weighted by atomic mass is 9.82. The minimum atomic E-state index is -0.640. The molecule has 7 nitrogen and oxygen atoms in total. The molecule has 37 heavy (non-hydrogen) atoms. The van der Waals surface area contributed by atoms with Gasteiger partial charge in [-0.1, -0.05) is 39.3 Å². The molecule has 4 rings (SSSR count). The van der Waals surface area contributed by atoms with Gasteiger partial charge in [0.05, 0.1) is 28.3 Å². The zero-order chi connectivity index (χ0) is 26.4. The number of benzene rings is 2. The van der Waals surface area contributed by atoms with Crippen molar-refractivity contribution in [3.05, 3.63) is 110 Å². The molecule has 1 aliphatic heterocycles. The summed E-state index contributed by atoms with van der Waals surface area (Å²) in [6, 6.07) is 19.9. The van der Waals surface area contributed by atoms with Crippen molar-refractivity contribution in [3.63, 3.8) is 0 Å². The van der Waals surface area contributed by atoms with Gasteiger partial charge in [0.15, 0.2) is 0 Å². The van der Waals surface area contributed by atoms with Crippen LogP contribution in [0.4, 0.5) is 11.4 Å². The first-order valence-electron chi connectivity index (χ1n) is 11.1. The van der Waals surface area contributed by atoms with Crippen LogP contribution in [0.5, 0.6) is 0 Å². The molecule has 0 unspecified atom stereocenters. The van der Waals surface area contributed by atoms with Gasteiger partial charge < -0.3 is 16.0 Å². The van der Waals surface area contributed by atoms with Gasteiger partial charge in [-0.2, -0.15) is 5.26 Å². The van der Waals surface area contributed by atoms with E-state index in [1.165, 1.54) is 11.8 Å². The first-order chi connectivity index (χ1) is 17.9. The standard InChI is InChI=1S/C27H21BrClN5O2S/c1-16-24(26(36)34-21-8-4-19(29)5-9-21)25(17-10-12-31-13-11-17)22(14-30)27(32-16)37-15-23(35)33-20-6-2-18(28)3-7-20/h2-13,25,32H,15H2,1H3,(H,33,35)(H,34,36)/t25-/m1/s1. The number of dihydropyridines is 1. The smallest absolute Gasteiger partial charge is 0.254 e. The van der Waals surface area contributed by atoms with Crippen LogP contribution in [0.25, 0.3) is 0 Å². The number of hydrogen-bond donors (Lipinski definition) is 3. The zero-order valence-corrected chi connectivity index (χ0v) is 22.7. The molecule has 1 aromatic heterocycles. The fraction of sp³-hybridized carbons (Fsp3) is 0.111. The second-order valence-electron chi connectivity index (χ2n) is 8.04. The number of aromatic nitrogens is 1. The molecule has 0 saturated heterocycles. The summed E-state index contributed by atoms with van der Waals surface area (Å²) in [5.41, 5.74) is 3.33. The van der Waals surface area contributed by atoms with Crippen LogP contribution >= 0.6 is 39.3 Å². The van der Waals surface area contributed by atoms with Gasteiger partial charge in [-0.3, -0.25) is 14.6 Å². The number of rotatable bonds is 7. The summed E-state index contributed by atoms with van der Waals surface area (Å²) >= 11 is 10.6. The van der Waals surface area contributed by atoms with Gasteiger partial charge in [0.25, 0.3) is 5.91 Å². The first kappa shape index (κ1) is 26.5. The maximum atomic E-state index is 13.4. The molecule has 3 N–H and O–H groups in total. The Labute approximate surface area is 232 Å². The van der Waals surface area contributed by atoms with Crippen molar-refractivity contribution in [2.45, 2.75) is 12.8 Å². The highest BCUT2D eigenvalue weighted by Gasteiger charge is 2.34. The van der Waals surface area contributed by atoms with E-state index in [4.69, 9.17) is 11.6 Å². The van der Waals surface area contributed by atoms with Gasteiger partial charge in [-0.15, -0.1) is 0 Å². The molecular formula is C27H21BrClN5O2S. The number of halogens is 2. The van der Waals surface area contributed by atoms with Crippen molar-refractivity contribution in [2.75, 3.05) is 16.4 Å². The van der Waals surface area contributed by atoms with Crippen molar-refractivity contribution >= 4 is 62.5 Å². The van der Waals surface area contributed by atoms with E-state index in [0.29, 0.717) is 38.3 Å². The summed E-state index contributed by atoms with van der Waals surface area (Å²) in [5.74, 6) is -1.13. The number of allylic oxidation sites excluding steroid dienone is 2. The number of hydrogen-bond acceptors (Lipinski definition) is 6. The SMILES string of the molecule is CC1=C(C(=O)Nc2ccc(Cl)cc2)[C@H](c2ccncc2)C(C#N)=C(SCC(=O)Nc2ccc(Br)cc2)N1. The number of carbonyl (C=O) groups excluding carboxylic acids is 2. The maximum Gasteiger partial charge on any atom is 0.254 e. The lowest BCUT2D eigenvalue weighted by Gasteiger charge is -2.29. The molecular weight excluding hydrogens is 574 g/mol. The van der Waals surface area contributed by atoms with Crippen molar-refractivity contribution in [1.29, 1.82) is 5.26 Å². The van der Waals surface area contributed by atoms with Crippen LogP contribution in [-0.4, -0.2) is 22.6 Å². The number of nitrogens with one attached hydrogen (secondary N) is 3. The van der Waals surface area contributed by atoms with Crippen molar-refractivity contribution < 1.29 is 9.59 Å². The number of carbonyl (C=O) groups is 2. The Bertz CT molecular complexity index is 1420. The highest BCUT2D eigenvalue weighted by atomic mass is 79.9. The highest BCUT2D eigenvalue weighted by Crippen LogP contribution is 2.40. The summed E-state index contributed by atoms with van der Waals surface area (Å²) in [6.45, 7) is 1.78. The number of thioether (sulfide) groups is 1. The van der Waals surface area contributed by atoms with Crippen LogP contribution < -0.4 is 16.0 Å². The molecule has 2 heterocycles. The summed E-state index contributed by atoms with van der Waals surface area (Å²) in [4.78, 5) is 30.1. The number of nitrogens with zero attached hydrogens (tertiary/aromatic N) is 2. The van der Waals surface area contributed by atoms with Crippen molar-refractivity contribution in [2.24, 2.45) is 0 Å². The van der Waals surface area contributed by atoms with Crippen LogP contribution in [0, 0.1) is 11.3 Å². The Balaban J connectivity index is 1.60. The van der Waals surface area contributed by atoms with Crippen LogP contribution in [0.1, 0.15) is 18.4 Å². The van der Waals surface area contributed by atoms with Crippen LogP contribution in [0.3, 0.4) is 0 Å². The van der Waals surface area contributed by atoms with E-state index in [-0.39, 0.29) is 17.6 Å². The third-order valence-corrected chi connectivity index (χ3v) is 7.31. The number of pyridine rings is 1. The molecule has 1 aliphatic rings. The quantitative estimate of drug-likeness (QED) is 0.301. The molecule has 10 heteroatoms. The maximum absolute atomic E-state index is 13.4. The molecule has 0 saturated carbocycles. The molecule has 2 amide bonds. The predicted octanol–water partition coefficient (Wildman–Crippen LogP) is 6.20. The summed E-state index contributed by atoms with van der Waals surface area (Å²) in [5, 5.41) is 20.2. The number of nitriles is 1. The van der Waals surface area contributed by atoms with Crippen molar-refractivity contribution in [1.82, 2.24) is 10.3 Å². The third-order valence-electron chi connectivity index (χ3n) is 5.51. The van der Waals surface area contributed by atoms with Crippen molar-refractivity contribution in [3.8, 4) is 6.07 Å². The Morgan fingerprint density at radius 2 is 1.68 bits per heavy atom. The molecule has 186 valence electrons. The number of anilines is 2. The molecule has 0 radical (unpaired) electrons. The lowest BCUT2D eigenvalue weighted by molar-refractivity contribution is -0.114. The lowest BCUT2D eigenvalue weighted by Crippen LogP contribution is -2.31. The molecule has 0 bridgehead atoms. The molecule has 0 fully saturated rings. The van der Waals surface area contributed by atoms with E-state index in [1.807, 2.05) is 12.1 Å². The van der Waals surface area contributed by atoms with E-state index in [2.05, 4.69) is 42.9 Å². The second kappa shape index (κ2) is 12.1. The van der Waals surface area contributed by atoms with Gasteiger partial charge in [-0.05, 0) is 73.2 Å². The second-order valence-corrected chi connectivity index (χ2v) is 10.4. The van der Waals surface area contributed by atoms with Gasteiger partial charge >= 0.3 is 0 Å². The van der Waals surface area contributed by atoms with E-state index in [1.54, 1.807) is 67.8 Å². The van der Waals surface area contributed by atoms with Crippen LogP contribution in [0.2, 0.25) is 5.02 Å². The average molecular weight is 595 g/mol. The van der Waals surface area contributed by atoms with Gasteiger partial charge in [0.1, 0.15) is 0 Å². The Kier molecular flexibility index (Phi) is 8.66. The molecule has 0 spiro atoms. The van der Waals surface area contributed by atoms with E-state index in [0.717, 1.165) is 10.0 Å². The summed E-state index contributed by atoms with van der Waals surface area (Å²) < 4.78 is 0.912. The predicted molar refractivity (Wildman–Crippen MR) is 151 cm³/mol. The van der Waals surface area contributed by atoms with Gasteiger partial charge in [0.2, 0.25) is 5.91 Å². The molecule has 1 atom stereocenters. The topological polar surface area (TPSA) is 107 Å². The Hall–Kier alpha value is -3.58. The monoisotopic (exact) mass is 593 g/mol. The van der Waals surface area contributed by atoms with Crippen LogP contribution in [-0.2, 0) is 9.59 Å². The molecule has 0 aliphatic carbocycles. The number of amides is 2. The van der Waals surface area contributed by atoms with Gasteiger partial charge in [0, 0.05) is 44.5 Å². The summed E-state index contributed by atoms with van der Waals surface area (Å²) in [6.07, 6.45) is 3.24. The fourth-order valence-electron chi connectivity index (χ4n) is 3.82. The zero-order valence-electron chi connectivity index (χ0n) is 19.6. The highest BCUT2D eigenvalue weighted by molar-refractivity contribution is 9.10. The molecule has 2 aromatic carbocycles. The Morgan fingerprint density at radius 1 is 1.05 bits per heavy atom. The van der Waals surface area contributed by atoms with Gasteiger partial charge in [-0.25, -0.2) is 0 Å². The summed E-state index contributed by atoms with van der Waals surface area (Å²) in [7, 11) is 0. The largest absolute Gasteiger partial charge is 0.353 e. The minimum absolute atomic E-state index is 0.0756. The van der Waals surface area contributed by atoms with E-state index < -0.39 is 5.92 Å². The minimum Gasteiger partial charge on any atom is -0.353 e. The fourth-order valence-corrected chi connectivity index (χ4v) is 5.10. The third kappa shape index (κ3) is 6.60. The van der Waals surface area contributed by atoms with E-state index >= 15 is 0 Å². The first-order valence-corrected chi connectivity index (χ1v) is 13.3. The molecule has 3 aromatic rings. The van der Waals surface area contributed by atoms with E-state index in [9.17, 15) is 14.9 Å². The van der Waals surface area contributed by atoms with Crippen LogP contribution in [0.15, 0.2) is 99.4 Å².